The van der Waals surface area contributed by atoms with Crippen molar-refractivity contribution in [1.29, 1.82) is 0 Å². The molecule has 0 bridgehead atoms. The van der Waals surface area contributed by atoms with E-state index in [0.717, 1.165) is 0 Å². The topological polar surface area (TPSA) is 0 Å². The minimum atomic E-state index is 0. The summed E-state index contributed by atoms with van der Waals surface area (Å²) in [7, 11) is 2.87. The molecule has 2 heteroatoms. The smallest absolute Gasteiger partial charge is 0.295 e. The van der Waals surface area contributed by atoms with Crippen molar-refractivity contribution in [2.24, 2.45) is 10.8 Å². The van der Waals surface area contributed by atoms with Crippen molar-refractivity contribution in [3.63, 3.8) is 0 Å². The molecule has 0 saturated carbocycles. The van der Waals surface area contributed by atoms with Crippen LogP contribution in [0.4, 0.5) is 0 Å². The molecule has 0 nitrogen and oxygen atoms in total. The summed E-state index contributed by atoms with van der Waals surface area (Å²) in [6.07, 6.45) is 0. The fraction of sp³-hybridized carbons (Fsp3) is 0.889. The molecule has 62 valence electrons. The van der Waals surface area contributed by atoms with Crippen LogP contribution in [0.25, 0.3) is 0 Å². The summed E-state index contributed by atoms with van der Waals surface area (Å²) in [5, 5.41) is 0. The molecule has 0 spiro atoms. The molecule has 0 radical (unpaired) electrons. The Morgan fingerprint density at radius 2 is 1.00 bits per heavy atom. The second-order valence-electron chi connectivity index (χ2n) is 4.91. The number of rotatable bonds is 0. The van der Waals surface area contributed by atoms with Gasteiger partial charge in [0, 0.05) is 0 Å². The van der Waals surface area contributed by atoms with E-state index in [0.29, 0.717) is 10.8 Å². The molecule has 0 amide bonds. The van der Waals surface area contributed by atoms with E-state index in [2.05, 4.69) is 50.8 Å². The van der Waals surface area contributed by atoms with Gasteiger partial charge in [-0.3, -0.25) is 14.9 Å². The Kier molecular flexibility index (Phi) is 5.71. The predicted molar refractivity (Wildman–Crippen MR) is 51.9 cm³/mol. The summed E-state index contributed by atoms with van der Waals surface area (Å²) in [4.78, 5) is 0. The molecule has 0 aromatic heterocycles. The summed E-state index contributed by atoms with van der Waals surface area (Å²) >= 11 is 0. The van der Waals surface area contributed by atoms with Gasteiger partial charge in [0.15, 0.2) is 0 Å². The first-order valence-electron chi connectivity index (χ1n) is 3.79. The molecule has 0 saturated heterocycles. The number of hydrogen-bond acceptors (Lipinski definition) is 0. The van der Waals surface area contributed by atoms with Crippen LogP contribution in [0.3, 0.4) is 0 Å². The van der Waals surface area contributed by atoms with Crippen LogP contribution >= 0.6 is 9.24 Å². The van der Waals surface area contributed by atoms with E-state index in [-0.39, 0.29) is 18.9 Å². The van der Waals surface area contributed by atoms with Crippen molar-refractivity contribution < 1.29 is 18.9 Å². The average molecular weight is 166 g/mol. The van der Waals surface area contributed by atoms with Gasteiger partial charge in [-0.1, -0.05) is 41.5 Å². The van der Waals surface area contributed by atoms with Crippen LogP contribution < -0.4 is 18.9 Å². The maximum absolute atomic E-state index is 2.87. The molecule has 0 aromatic rings. The molecule has 1 unspecified atom stereocenters. The van der Waals surface area contributed by atoms with Crippen molar-refractivity contribution in [2.45, 2.75) is 41.5 Å². The molecule has 11 heavy (non-hydrogen) atoms. The van der Waals surface area contributed by atoms with Gasteiger partial charge in [-0.25, -0.2) is 0 Å². The van der Waals surface area contributed by atoms with Gasteiger partial charge in [-0.15, -0.1) is 0 Å². The third-order valence-corrected chi connectivity index (χ3v) is 3.35. The molecule has 0 fully saturated rings. The van der Waals surface area contributed by atoms with Gasteiger partial charge in [0.1, 0.15) is 0 Å². The van der Waals surface area contributed by atoms with Crippen LogP contribution in [0, 0.1) is 16.5 Å². The third-order valence-electron chi connectivity index (χ3n) is 1.62. The van der Waals surface area contributed by atoms with Crippen molar-refractivity contribution in [3.05, 3.63) is 5.66 Å². The Balaban J connectivity index is 0. The first kappa shape index (κ1) is 14.5. The fourth-order valence-corrected chi connectivity index (χ4v) is 1.12. The van der Waals surface area contributed by atoms with Crippen LogP contribution in [0.5, 0.6) is 0 Å². The quantitative estimate of drug-likeness (QED) is 0.279. The molecule has 0 rings (SSSR count). The van der Waals surface area contributed by atoms with Crippen LogP contribution in [-0.4, -0.2) is 0 Å². The molecule has 0 aromatic carbocycles. The van der Waals surface area contributed by atoms with Crippen molar-refractivity contribution in [2.75, 3.05) is 0 Å². The summed E-state index contributed by atoms with van der Waals surface area (Å²) in [6, 6.07) is 0. The molecule has 0 heterocycles. The van der Waals surface area contributed by atoms with E-state index in [9.17, 15) is 0 Å². The molecule has 0 N–H and O–H groups in total. The monoisotopic (exact) mass is 166 g/mol. The van der Waals surface area contributed by atoms with Crippen LogP contribution in [-0.2, 0) is 0 Å². The average Bonchev–Trinajstić information content (AvgIpc) is 1.59. The standard InChI is InChI=1S/C9H20P.Li/c1-8(2,3)7(10)9(4,5)6;/h10H2,1-6H3;/q-1;+1. The van der Waals surface area contributed by atoms with Crippen LogP contribution in [0.15, 0.2) is 0 Å². The summed E-state index contributed by atoms with van der Waals surface area (Å²) in [5.74, 6) is 0. The normalized spacial score (nSPS) is 13.1. The van der Waals surface area contributed by atoms with E-state index in [1.165, 1.54) is 5.66 Å². The fourth-order valence-electron chi connectivity index (χ4n) is 1.12. The Morgan fingerprint density at radius 3 is 1.00 bits per heavy atom. The van der Waals surface area contributed by atoms with Crippen LogP contribution in [0.1, 0.15) is 41.5 Å². The second-order valence-corrected chi connectivity index (χ2v) is 5.49. The summed E-state index contributed by atoms with van der Waals surface area (Å²) in [5.41, 5.74) is 2.13. The summed E-state index contributed by atoms with van der Waals surface area (Å²) in [6.45, 7) is 13.5. The van der Waals surface area contributed by atoms with Gasteiger partial charge in [-0.2, -0.15) is 10.8 Å². The Hall–Kier alpha value is 1.03. The van der Waals surface area contributed by atoms with E-state index in [1.54, 1.807) is 0 Å². The van der Waals surface area contributed by atoms with Crippen LogP contribution in [0.2, 0.25) is 0 Å². The third kappa shape index (κ3) is 5.30. The van der Waals surface area contributed by atoms with Gasteiger partial charge < -0.3 is 0 Å². The van der Waals surface area contributed by atoms with Crippen molar-refractivity contribution in [3.8, 4) is 0 Å². The SMILES string of the molecule is CC(C)(C)[C-](P)C(C)(C)C.[Li+]. The Bertz CT molecular complexity index is 93.7. The van der Waals surface area contributed by atoms with Crippen molar-refractivity contribution in [1.82, 2.24) is 0 Å². The molecular formula is C9H20LiP. The zero-order valence-electron chi connectivity index (χ0n) is 9.08. The second kappa shape index (κ2) is 4.32. The van der Waals surface area contributed by atoms with Gasteiger partial charge in [0.25, 0.3) is 0 Å². The van der Waals surface area contributed by atoms with E-state index in [4.69, 9.17) is 0 Å². The van der Waals surface area contributed by atoms with E-state index >= 15 is 0 Å². The zero-order chi connectivity index (χ0) is 8.58. The largest absolute Gasteiger partial charge is 1.00 e. The van der Waals surface area contributed by atoms with Gasteiger partial charge >= 0.3 is 18.9 Å². The first-order valence-corrected chi connectivity index (χ1v) is 4.37. The first-order chi connectivity index (χ1) is 4.15. The minimum Gasteiger partial charge on any atom is -0.295 e. The molecule has 0 aliphatic heterocycles. The zero-order valence-corrected chi connectivity index (χ0v) is 10.2. The molecular weight excluding hydrogens is 146 g/mol. The molecule has 1 atom stereocenters. The van der Waals surface area contributed by atoms with Crippen molar-refractivity contribution >= 4 is 9.24 Å². The Morgan fingerprint density at radius 1 is 0.818 bits per heavy atom. The Labute approximate surface area is 86.3 Å². The number of hydrogen-bond donors (Lipinski definition) is 0. The van der Waals surface area contributed by atoms with Gasteiger partial charge in [0.2, 0.25) is 0 Å². The maximum Gasteiger partial charge on any atom is 1.00 e. The predicted octanol–water partition coefficient (Wildman–Crippen LogP) is 0.490. The minimum absolute atomic E-state index is 0. The molecule has 0 aliphatic carbocycles. The molecule has 0 aliphatic rings. The van der Waals surface area contributed by atoms with E-state index < -0.39 is 0 Å². The maximum atomic E-state index is 2.87. The van der Waals surface area contributed by atoms with E-state index in [1.807, 2.05) is 0 Å². The van der Waals surface area contributed by atoms with Gasteiger partial charge in [-0.05, 0) is 0 Å². The summed E-state index contributed by atoms with van der Waals surface area (Å²) < 4.78 is 0. The van der Waals surface area contributed by atoms with Gasteiger partial charge in [0.05, 0.1) is 0 Å².